The molecule has 22 heavy (non-hydrogen) atoms. The maximum Gasteiger partial charge on any atom is 0.255 e. The number of aliphatic hydroxyl groups is 1. The number of likely N-dealkylation sites (tertiary alicyclic amines) is 2. The summed E-state index contributed by atoms with van der Waals surface area (Å²) in [6.45, 7) is 2.48. The van der Waals surface area contributed by atoms with Crippen LogP contribution in [0.1, 0.15) is 29.6 Å². The molecule has 3 rings (SSSR count). The van der Waals surface area contributed by atoms with Crippen LogP contribution >= 0.6 is 0 Å². The van der Waals surface area contributed by atoms with Gasteiger partial charge in [0.2, 0.25) is 5.56 Å². The molecule has 0 saturated carbocycles. The van der Waals surface area contributed by atoms with Gasteiger partial charge in [-0.25, -0.2) is 0 Å². The second-order valence-electron chi connectivity index (χ2n) is 6.56. The normalized spacial score (nSPS) is 29.2. The van der Waals surface area contributed by atoms with Gasteiger partial charge in [0.15, 0.2) is 0 Å². The number of aliphatic hydroxyl groups excluding tert-OH is 1. The fourth-order valence-corrected chi connectivity index (χ4v) is 3.93. The van der Waals surface area contributed by atoms with Crippen molar-refractivity contribution in [1.82, 2.24) is 14.8 Å². The van der Waals surface area contributed by atoms with E-state index in [2.05, 4.69) is 16.9 Å². The van der Waals surface area contributed by atoms with Gasteiger partial charge in [0.05, 0.1) is 12.2 Å². The number of fused-ring (bicyclic) bond motifs is 1. The number of nitrogens with zero attached hydrogens (tertiary/aromatic N) is 2. The van der Waals surface area contributed by atoms with Gasteiger partial charge in [-0.2, -0.15) is 0 Å². The van der Waals surface area contributed by atoms with Crippen LogP contribution in [-0.2, 0) is 0 Å². The Balaban J connectivity index is 1.79. The van der Waals surface area contributed by atoms with E-state index in [0.29, 0.717) is 18.7 Å². The Kier molecular flexibility index (Phi) is 4.06. The van der Waals surface area contributed by atoms with E-state index in [-0.39, 0.29) is 29.5 Å². The third-order valence-electron chi connectivity index (χ3n) is 5.33. The minimum atomic E-state index is -0.207. The maximum absolute atomic E-state index is 12.6. The zero-order valence-corrected chi connectivity index (χ0v) is 12.9. The smallest absolute Gasteiger partial charge is 0.255 e. The molecule has 1 amide bonds. The average molecular weight is 305 g/mol. The average Bonchev–Trinajstić information content (AvgIpc) is 2.55. The number of aromatic amines is 1. The number of H-pyrrole nitrogens is 1. The second-order valence-corrected chi connectivity index (χ2v) is 6.56. The molecule has 2 fully saturated rings. The van der Waals surface area contributed by atoms with Gasteiger partial charge in [-0.3, -0.25) is 9.59 Å². The molecular formula is C16H23N3O3. The van der Waals surface area contributed by atoms with Gasteiger partial charge in [-0.15, -0.1) is 0 Å². The van der Waals surface area contributed by atoms with Gasteiger partial charge in [0.1, 0.15) is 0 Å². The molecule has 6 heteroatoms. The topological polar surface area (TPSA) is 76.6 Å². The molecule has 0 aromatic carbocycles. The Hall–Kier alpha value is -1.66. The van der Waals surface area contributed by atoms with E-state index in [0.717, 1.165) is 25.8 Å². The number of hydrogen-bond donors (Lipinski definition) is 2. The molecule has 3 heterocycles. The van der Waals surface area contributed by atoms with Crippen LogP contribution in [0.3, 0.4) is 0 Å². The van der Waals surface area contributed by atoms with E-state index < -0.39 is 0 Å². The lowest BCUT2D eigenvalue weighted by Crippen LogP contribution is -2.62. The van der Waals surface area contributed by atoms with Crippen LogP contribution in [0.5, 0.6) is 0 Å². The van der Waals surface area contributed by atoms with Crippen LogP contribution in [-0.4, -0.2) is 65.1 Å². The summed E-state index contributed by atoms with van der Waals surface area (Å²) in [5.41, 5.74) is 0.227. The molecule has 0 unspecified atom stereocenters. The Morgan fingerprint density at radius 3 is 2.91 bits per heavy atom. The van der Waals surface area contributed by atoms with Crippen molar-refractivity contribution in [3.8, 4) is 0 Å². The fraction of sp³-hybridized carbons (Fsp3) is 0.625. The summed E-state index contributed by atoms with van der Waals surface area (Å²) < 4.78 is 0. The molecule has 0 radical (unpaired) electrons. The summed E-state index contributed by atoms with van der Waals surface area (Å²) in [5.74, 6) is -0.0539. The number of aromatic nitrogens is 1. The van der Waals surface area contributed by atoms with Crippen LogP contribution in [0.25, 0.3) is 0 Å². The van der Waals surface area contributed by atoms with E-state index >= 15 is 0 Å². The lowest BCUT2D eigenvalue weighted by atomic mass is 9.69. The molecule has 2 aliphatic heterocycles. The van der Waals surface area contributed by atoms with Crippen molar-refractivity contribution in [1.29, 1.82) is 0 Å². The number of rotatable bonds is 2. The van der Waals surface area contributed by atoms with Crippen LogP contribution in [0.15, 0.2) is 23.1 Å². The highest BCUT2D eigenvalue weighted by molar-refractivity contribution is 5.94. The number of hydrogen-bond acceptors (Lipinski definition) is 4. The summed E-state index contributed by atoms with van der Waals surface area (Å²) in [6, 6.07) is 3.15. The van der Waals surface area contributed by atoms with E-state index in [4.69, 9.17) is 0 Å². The number of likely N-dealkylation sites (N-methyl/N-ethyl adjacent to an activating group) is 1. The minimum Gasteiger partial charge on any atom is -0.396 e. The first-order chi connectivity index (χ1) is 10.6. The Morgan fingerprint density at radius 2 is 2.23 bits per heavy atom. The number of piperidine rings is 2. The maximum atomic E-state index is 12.6. The van der Waals surface area contributed by atoms with Gasteiger partial charge < -0.3 is 19.9 Å². The third kappa shape index (κ3) is 2.57. The Bertz CT molecular complexity index is 594. The van der Waals surface area contributed by atoms with Crippen molar-refractivity contribution >= 4 is 5.91 Å². The molecule has 120 valence electrons. The highest BCUT2D eigenvalue weighted by Gasteiger charge is 2.47. The number of amides is 1. The summed E-state index contributed by atoms with van der Waals surface area (Å²) in [4.78, 5) is 30.4. The van der Waals surface area contributed by atoms with Gasteiger partial charge >= 0.3 is 0 Å². The standard InChI is InChI=1S/C16H23N3O3/c1-18-7-2-5-16(11-20)6-8-19(10-13(16)18)15(22)12-3-4-14(21)17-9-12/h3-4,9,13,20H,2,5-8,10-11H2,1H3,(H,17,21)/t13-,16-/m1/s1. The van der Waals surface area contributed by atoms with Crippen LogP contribution in [0, 0.1) is 5.41 Å². The van der Waals surface area contributed by atoms with E-state index in [9.17, 15) is 14.7 Å². The number of carbonyl (C=O) groups excluding carboxylic acids is 1. The quantitative estimate of drug-likeness (QED) is 0.823. The van der Waals surface area contributed by atoms with Crippen molar-refractivity contribution in [2.75, 3.05) is 33.3 Å². The highest BCUT2D eigenvalue weighted by Crippen LogP contribution is 2.41. The van der Waals surface area contributed by atoms with Crippen molar-refractivity contribution in [3.05, 3.63) is 34.2 Å². The molecule has 1 aromatic rings. The predicted molar refractivity (Wildman–Crippen MR) is 82.8 cm³/mol. The van der Waals surface area contributed by atoms with Gasteiger partial charge in [0.25, 0.3) is 5.91 Å². The molecular weight excluding hydrogens is 282 g/mol. The Morgan fingerprint density at radius 1 is 1.41 bits per heavy atom. The van der Waals surface area contributed by atoms with Crippen molar-refractivity contribution in [2.45, 2.75) is 25.3 Å². The lowest BCUT2D eigenvalue weighted by molar-refractivity contribution is -0.0601. The van der Waals surface area contributed by atoms with Gasteiger partial charge in [0, 0.05) is 36.8 Å². The lowest BCUT2D eigenvalue weighted by Gasteiger charge is -2.53. The first-order valence-electron chi connectivity index (χ1n) is 7.85. The zero-order chi connectivity index (χ0) is 15.7. The molecule has 2 N–H and O–H groups in total. The SMILES string of the molecule is CN1CCC[C@]2(CO)CCN(C(=O)c3ccc(=O)[nH]c3)C[C@@H]12. The van der Waals surface area contributed by atoms with Gasteiger partial charge in [-0.05, 0) is 38.9 Å². The molecule has 2 aliphatic rings. The van der Waals surface area contributed by atoms with E-state index in [1.807, 2.05) is 4.90 Å². The second kappa shape index (κ2) is 5.85. The number of pyridine rings is 1. The molecule has 6 nitrogen and oxygen atoms in total. The number of carbonyl (C=O) groups is 1. The van der Waals surface area contributed by atoms with E-state index in [1.165, 1.54) is 12.3 Å². The summed E-state index contributed by atoms with van der Waals surface area (Å²) in [5, 5.41) is 9.90. The van der Waals surface area contributed by atoms with Crippen molar-refractivity contribution in [2.24, 2.45) is 5.41 Å². The predicted octanol–water partition coefficient (Wildman–Crippen LogP) is 0.294. The molecule has 2 atom stereocenters. The monoisotopic (exact) mass is 305 g/mol. The van der Waals surface area contributed by atoms with Crippen molar-refractivity contribution in [3.63, 3.8) is 0 Å². The molecule has 2 saturated heterocycles. The van der Waals surface area contributed by atoms with Crippen LogP contribution < -0.4 is 5.56 Å². The first kappa shape index (κ1) is 15.2. The number of nitrogens with one attached hydrogen (secondary N) is 1. The third-order valence-corrected chi connectivity index (χ3v) is 5.33. The fourth-order valence-electron chi connectivity index (χ4n) is 3.93. The van der Waals surface area contributed by atoms with Crippen LogP contribution in [0.4, 0.5) is 0 Å². The first-order valence-corrected chi connectivity index (χ1v) is 7.85. The molecule has 0 spiro atoms. The summed E-state index contributed by atoms with van der Waals surface area (Å²) in [7, 11) is 2.07. The van der Waals surface area contributed by atoms with Crippen LogP contribution in [0.2, 0.25) is 0 Å². The highest BCUT2D eigenvalue weighted by atomic mass is 16.3. The van der Waals surface area contributed by atoms with Gasteiger partial charge in [-0.1, -0.05) is 0 Å². The molecule has 0 bridgehead atoms. The van der Waals surface area contributed by atoms with E-state index in [1.54, 1.807) is 6.07 Å². The largest absolute Gasteiger partial charge is 0.396 e. The van der Waals surface area contributed by atoms with Crippen molar-refractivity contribution < 1.29 is 9.90 Å². The molecule has 1 aromatic heterocycles. The zero-order valence-electron chi connectivity index (χ0n) is 12.9. The minimum absolute atomic E-state index is 0.0539. The molecule has 0 aliphatic carbocycles. The summed E-state index contributed by atoms with van der Waals surface area (Å²) in [6.07, 6.45) is 4.43. The Labute approximate surface area is 129 Å². The summed E-state index contributed by atoms with van der Waals surface area (Å²) >= 11 is 0.